The van der Waals surface area contributed by atoms with Crippen LogP contribution in [-0.2, 0) is 4.79 Å². The molecule has 1 atom stereocenters. The predicted molar refractivity (Wildman–Crippen MR) is 66.2 cm³/mol. The van der Waals surface area contributed by atoms with Gasteiger partial charge in [0.1, 0.15) is 0 Å². The number of nitrogens with zero attached hydrogens (tertiary/aromatic N) is 1. The van der Waals surface area contributed by atoms with E-state index in [1.54, 1.807) is 11.8 Å². The number of amides is 1. The molecule has 1 amide bonds. The molecule has 0 aromatic rings. The van der Waals surface area contributed by atoms with Gasteiger partial charge in [0.25, 0.3) is 0 Å². The Kier molecular flexibility index (Phi) is 5.47. The standard InChI is InChI=1S/C11H22N2OS/c1-4-15-10(9(2)3)11(14)13-7-5-12-6-8-13/h9-10,12H,4-8H2,1-3H3. The Morgan fingerprint density at radius 1 is 1.40 bits per heavy atom. The molecule has 1 N–H and O–H groups in total. The normalized spacial score (nSPS) is 19.3. The van der Waals surface area contributed by atoms with E-state index in [1.807, 2.05) is 4.90 Å². The number of carbonyl (C=O) groups excluding carboxylic acids is 1. The molecule has 1 unspecified atom stereocenters. The van der Waals surface area contributed by atoms with Crippen LogP contribution in [0.2, 0.25) is 0 Å². The Hall–Kier alpha value is -0.220. The number of nitrogens with one attached hydrogen (secondary N) is 1. The van der Waals surface area contributed by atoms with E-state index in [0.29, 0.717) is 11.8 Å². The summed E-state index contributed by atoms with van der Waals surface area (Å²) in [6.07, 6.45) is 0. The van der Waals surface area contributed by atoms with Gasteiger partial charge in [-0.2, -0.15) is 0 Å². The lowest BCUT2D eigenvalue weighted by Gasteiger charge is -2.32. The van der Waals surface area contributed by atoms with Crippen molar-refractivity contribution in [3.63, 3.8) is 0 Å². The number of hydrogen-bond donors (Lipinski definition) is 1. The molecule has 0 radical (unpaired) electrons. The van der Waals surface area contributed by atoms with Gasteiger partial charge in [-0.25, -0.2) is 0 Å². The first kappa shape index (κ1) is 12.8. The van der Waals surface area contributed by atoms with Gasteiger partial charge in [0.05, 0.1) is 5.25 Å². The molecule has 0 aliphatic carbocycles. The Labute approximate surface area is 97.0 Å². The van der Waals surface area contributed by atoms with E-state index in [-0.39, 0.29) is 5.25 Å². The summed E-state index contributed by atoms with van der Waals surface area (Å²) in [5.74, 6) is 1.77. The summed E-state index contributed by atoms with van der Waals surface area (Å²) in [7, 11) is 0. The average molecular weight is 230 g/mol. The van der Waals surface area contributed by atoms with Gasteiger partial charge in [0.2, 0.25) is 5.91 Å². The lowest BCUT2D eigenvalue weighted by atomic mass is 10.1. The van der Waals surface area contributed by atoms with Crippen molar-refractivity contribution in [3.05, 3.63) is 0 Å². The van der Waals surface area contributed by atoms with E-state index in [0.717, 1.165) is 31.9 Å². The molecule has 1 rings (SSSR count). The molecule has 1 aliphatic rings. The van der Waals surface area contributed by atoms with E-state index >= 15 is 0 Å². The summed E-state index contributed by atoms with van der Waals surface area (Å²) >= 11 is 1.77. The molecule has 0 bridgehead atoms. The van der Waals surface area contributed by atoms with Gasteiger partial charge in [-0.3, -0.25) is 4.79 Å². The highest BCUT2D eigenvalue weighted by Crippen LogP contribution is 2.21. The lowest BCUT2D eigenvalue weighted by molar-refractivity contribution is -0.131. The van der Waals surface area contributed by atoms with Gasteiger partial charge in [0.15, 0.2) is 0 Å². The summed E-state index contributed by atoms with van der Waals surface area (Å²) < 4.78 is 0. The summed E-state index contributed by atoms with van der Waals surface area (Å²) in [5.41, 5.74) is 0. The third kappa shape index (κ3) is 3.68. The van der Waals surface area contributed by atoms with Crippen molar-refractivity contribution in [2.45, 2.75) is 26.0 Å². The van der Waals surface area contributed by atoms with Crippen molar-refractivity contribution in [1.29, 1.82) is 0 Å². The van der Waals surface area contributed by atoms with Crippen LogP contribution in [0.1, 0.15) is 20.8 Å². The fourth-order valence-electron chi connectivity index (χ4n) is 1.79. The molecule has 1 aliphatic heterocycles. The Balaban J connectivity index is 2.53. The number of carbonyl (C=O) groups is 1. The van der Waals surface area contributed by atoms with Gasteiger partial charge in [-0.1, -0.05) is 20.8 Å². The second-order valence-electron chi connectivity index (χ2n) is 4.20. The molecule has 0 aromatic heterocycles. The maximum Gasteiger partial charge on any atom is 0.236 e. The summed E-state index contributed by atoms with van der Waals surface area (Å²) in [6, 6.07) is 0. The van der Waals surface area contributed by atoms with Gasteiger partial charge in [0, 0.05) is 26.2 Å². The number of hydrogen-bond acceptors (Lipinski definition) is 3. The zero-order valence-electron chi connectivity index (χ0n) is 9.95. The van der Waals surface area contributed by atoms with Crippen LogP contribution in [0.3, 0.4) is 0 Å². The largest absolute Gasteiger partial charge is 0.339 e. The Morgan fingerprint density at radius 2 is 2.00 bits per heavy atom. The zero-order valence-corrected chi connectivity index (χ0v) is 10.8. The van der Waals surface area contributed by atoms with Crippen molar-refractivity contribution >= 4 is 17.7 Å². The molecule has 4 heteroatoms. The number of thioether (sulfide) groups is 1. The second kappa shape index (κ2) is 6.38. The molecular formula is C11H22N2OS. The van der Waals surface area contributed by atoms with Crippen molar-refractivity contribution in [3.8, 4) is 0 Å². The van der Waals surface area contributed by atoms with Gasteiger partial charge in [-0.15, -0.1) is 11.8 Å². The van der Waals surface area contributed by atoms with Crippen molar-refractivity contribution in [2.75, 3.05) is 31.9 Å². The lowest BCUT2D eigenvalue weighted by Crippen LogP contribution is -2.50. The Bertz CT molecular complexity index is 203. The van der Waals surface area contributed by atoms with Gasteiger partial charge < -0.3 is 10.2 Å². The van der Waals surface area contributed by atoms with Gasteiger partial charge >= 0.3 is 0 Å². The smallest absolute Gasteiger partial charge is 0.236 e. The highest BCUT2D eigenvalue weighted by Gasteiger charge is 2.27. The average Bonchev–Trinajstić information content (AvgIpc) is 2.26. The van der Waals surface area contributed by atoms with E-state index < -0.39 is 0 Å². The van der Waals surface area contributed by atoms with Crippen LogP contribution in [0.5, 0.6) is 0 Å². The van der Waals surface area contributed by atoms with Crippen LogP contribution < -0.4 is 5.32 Å². The van der Waals surface area contributed by atoms with Crippen LogP contribution in [0.4, 0.5) is 0 Å². The second-order valence-corrected chi connectivity index (χ2v) is 5.61. The maximum absolute atomic E-state index is 12.2. The fraction of sp³-hybridized carbons (Fsp3) is 0.909. The third-order valence-electron chi connectivity index (χ3n) is 2.62. The van der Waals surface area contributed by atoms with Gasteiger partial charge in [-0.05, 0) is 11.7 Å². The summed E-state index contributed by atoms with van der Waals surface area (Å²) in [4.78, 5) is 14.2. The predicted octanol–water partition coefficient (Wildman–Crippen LogP) is 1.20. The number of rotatable bonds is 4. The quantitative estimate of drug-likeness (QED) is 0.787. The SMILES string of the molecule is CCSC(C(=O)N1CCNCC1)C(C)C. The fourth-order valence-corrected chi connectivity index (χ4v) is 2.83. The number of piperazine rings is 1. The third-order valence-corrected chi connectivity index (χ3v) is 4.06. The van der Waals surface area contributed by atoms with E-state index in [4.69, 9.17) is 0 Å². The molecule has 1 saturated heterocycles. The zero-order chi connectivity index (χ0) is 11.3. The van der Waals surface area contributed by atoms with E-state index in [2.05, 4.69) is 26.1 Å². The monoisotopic (exact) mass is 230 g/mol. The topological polar surface area (TPSA) is 32.3 Å². The van der Waals surface area contributed by atoms with Crippen molar-refractivity contribution < 1.29 is 4.79 Å². The van der Waals surface area contributed by atoms with Crippen molar-refractivity contribution in [1.82, 2.24) is 10.2 Å². The molecule has 1 fully saturated rings. The first-order valence-electron chi connectivity index (χ1n) is 5.78. The summed E-state index contributed by atoms with van der Waals surface area (Å²) in [5, 5.41) is 3.42. The van der Waals surface area contributed by atoms with E-state index in [1.165, 1.54) is 0 Å². The van der Waals surface area contributed by atoms with Crippen LogP contribution >= 0.6 is 11.8 Å². The summed E-state index contributed by atoms with van der Waals surface area (Å²) in [6.45, 7) is 9.99. The molecule has 1 heterocycles. The highest BCUT2D eigenvalue weighted by atomic mass is 32.2. The minimum Gasteiger partial charge on any atom is -0.339 e. The van der Waals surface area contributed by atoms with Crippen LogP contribution in [0, 0.1) is 5.92 Å². The molecule has 3 nitrogen and oxygen atoms in total. The molecule has 0 spiro atoms. The van der Waals surface area contributed by atoms with Crippen LogP contribution in [0.25, 0.3) is 0 Å². The molecule has 15 heavy (non-hydrogen) atoms. The molecule has 88 valence electrons. The molecule has 0 aromatic carbocycles. The Morgan fingerprint density at radius 3 is 2.47 bits per heavy atom. The van der Waals surface area contributed by atoms with Crippen LogP contribution in [0.15, 0.2) is 0 Å². The first-order valence-corrected chi connectivity index (χ1v) is 6.82. The van der Waals surface area contributed by atoms with Crippen LogP contribution in [-0.4, -0.2) is 48.0 Å². The first-order chi connectivity index (χ1) is 7.16. The van der Waals surface area contributed by atoms with Crippen molar-refractivity contribution in [2.24, 2.45) is 5.92 Å². The molecular weight excluding hydrogens is 208 g/mol. The maximum atomic E-state index is 12.2. The minimum atomic E-state index is 0.146. The van der Waals surface area contributed by atoms with E-state index in [9.17, 15) is 4.79 Å². The molecule has 0 saturated carbocycles. The minimum absolute atomic E-state index is 0.146. The highest BCUT2D eigenvalue weighted by molar-refractivity contribution is 8.00.